The van der Waals surface area contributed by atoms with Crippen molar-refractivity contribution in [1.29, 1.82) is 0 Å². The van der Waals surface area contributed by atoms with Crippen molar-refractivity contribution in [2.75, 3.05) is 7.11 Å². The average Bonchev–Trinajstić information content (AvgIpc) is 2.53. The zero-order chi connectivity index (χ0) is 15.2. The first-order valence-corrected chi connectivity index (χ1v) is 7.32. The van der Waals surface area contributed by atoms with Crippen LogP contribution in [0.1, 0.15) is 37.3 Å². The lowest BCUT2D eigenvalue weighted by Gasteiger charge is -2.29. The summed E-state index contributed by atoms with van der Waals surface area (Å²) >= 11 is 0. The predicted molar refractivity (Wildman–Crippen MR) is 79.3 cm³/mol. The van der Waals surface area contributed by atoms with Crippen LogP contribution in [0, 0.1) is 5.92 Å². The zero-order valence-electron chi connectivity index (χ0n) is 12.2. The number of hydrogen-bond acceptors (Lipinski definition) is 4. The molecule has 0 aliphatic heterocycles. The lowest BCUT2D eigenvalue weighted by molar-refractivity contribution is -0.146. The summed E-state index contributed by atoms with van der Waals surface area (Å²) < 4.78 is 4.80. The van der Waals surface area contributed by atoms with Gasteiger partial charge >= 0.3 is 5.97 Å². The molecule has 0 bridgehead atoms. The predicted octanol–water partition coefficient (Wildman–Crippen LogP) is 1.53. The second-order valence-electron chi connectivity index (χ2n) is 5.43. The van der Waals surface area contributed by atoms with Crippen LogP contribution < -0.4 is 11.1 Å². The third-order valence-electron chi connectivity index (χ3n) is 4.01. The van der Waals surface area contributed by atoms with Gasteiger partial charge < -0.3 is 15.8 Å². The number of amides is 1. The van der Waals surface area contributed by atoms with E-state index in [9.17, 15) is 9.59 Å². The van der Waals surface area contributed by atoms with E-state index in [1.165, 1.54) is 7.11 Å². The number of hydrogen-bond donors (Lipinski definition) is 2. The minimum Gasteiger partial charge on any atom is -0.467 e. The van der Waals surface area contributed by atoms with E-state index in [4.69, 9.17) is 10.5 Å². The van der Waals surface area contributed by atoms with E-state index in [0.29, 0.717) is 5.56 Å². The van der Waals surface area contributed by atoms with E-state index in [-0.39, 0.29) is 17.9 Å². The molecule has 0 spiro atoms. The first kappa shape index (κ1) is 15.5. The van der Waals surface area contributed by atoms with Gasteiger partial charge in [-0.1, -0.05) is 43.2 Å². The molecule has 1 aromatic carbocycles. The van der Waals surface area contributed by atoms with Crippen LogP contribution in [0.4, 0.5) is 0 Å². The molecule has 1 aromatic rings. The molecule has 2 rings (SSSR count). The lowest BCUT2D eigenvalue weighted by atomic mass is 9.84. The van der Waals surface area contributed by atoms with Crippen LogP contribution in [-0.2, 0) is 14.3 Å². The van der Waals surface area contributed by atoms with Crippen molar-refractivity contribution in [1.82, 2.24) is 5.32 Å². The number of nitrogens with two attached hydrogens (primary N) is 1. The molecule has 21 heavy (non-hydrogen) atoms. The van der Waals surface area contributed by atoms with Crippen LogP contribution in [0.25, 0.3) is 0 Å². The highest BCUT2D eigenvalue weighted by Crippen LogP contribution is 2.24. The van der Waals surface area contributed by atoms with Crippen molar-refractivity contribution in [3.8, 4) is 0 Å². The second-order valence-corrected chi connectivity index (χ2v) is 5.43. The van der Waals surface area contributed by atoms with Crippen molar-refractivity contribution < 1.29 is 14.3 Å². The standard InChI is InChI=1S/C16H22N2O3/c1-21-16(20)14(11-7-3-2-4-8-11)18-15(19)12-9-5-6-10-13(12)17/h2-4,7-8,12-14H,5-6,9-10,17H2,1H3,(H,18,19). The summed E-state index contributed by atoms with van der Waals surface area (Å²) in [6, 6.07) is 8.18. The van der Waals surface area contributed by atoms with Gasteiger partial charge in [0.05, 0.1) is 13.0 Å². The fourth-order valence-corrected chi connectivity index (χ4v) is 2.78. The Morgan fingerprint density at radius 3 is 2.52 bits per heavy atom. The summed E-state index contributed by atoms with van der Waals surface area (Å²) in [6.07, 6.45) is 3.69. The van der Waals surface area contributed by atoms with Gasteiger partial charge in [-0.15, -0.1) is 0 Å². The maximum absolute atomic E-state index is 12.4. The van der Waals surface area contributed by atoms with Crippen LogP contribution in [0.5, 0.6) is 0 Å². The molecule has 0 saturated heterocycles. The zero-order valence-corrected chi connectivity index (χ0v) is 12.2. The van der Waals surface area contributed by atoms with E-state index >= 15 is 0 Å². The third-order valence-corrected chi connectivity index (χ3v) is 4.01. The van der Waals surface area contributed by atoms with Gasteiger partial charge in [-0.2, -0.15) is 0 Å². The number of carbonyl (C=O) groups is 2. The number of rotatable bonds is 4. The topological polar surface area (TPSA) is 81.4 Å². The molecule has 5 heteroatoms. The fraction of sp³-hybridized carbons (Fsp3) is 0.500. The van der Waals surface area contributed by atoms with Crippen LogP contribution in [-0.4, -0.2) is 25.0 Å². The van der Waals surface area contributed by atoms with Gasteiger partial charge in [0.1, 0.15) is 0 Å². The normalized spacial score (nSPS) is 23.1. The average molecular weight is 290 g/mol. The molecule has 3 N–H and O–H groups in total. The number of esters is 1. The molecule has 1 aliphatic rings. The maximum atomic E-state index is 12.4. The molecule has 3 atom stereocenters. The summed E-state index contributed by atoms with van der Waals surface area (Å²) in [5.74, 6) is -0.866. The molecule has 1 amide bonds. The van der Waals surface area contributed by atoms with Crippen molar-refractivity contribution >= 4 is 11.9 Å². The van der Waals surface area contributed by atoms with Crippen molar-refractivity contribution in [2.24, 2.45) is 11.7 Å². The summed E-state index contributed by atoms with van der Waals surface area (Å²) in [6.45, 7) is 0. The minimum absolute atomic E-state index is 0.132. The minimum atomic E-state index is -0.780. The Morgan fingerprint density at radius 1 is 1.24 bits per heavy atom. The Labute approximate surface area is 124 Å². The molecular weight excluding hydrogens is 268 g/mol. The lowest BCUT2D eigenvalue weighted by Crippen LogP contribution is -2.46. The number of ether oxygens (including phenoxy) is 1. The molecular formula is C16H22N2O3. The van der Waals surface area contributed by atoms with Crippen LogP contribution in [0.2, 0.25) is 0 Å². The number of benzene rings is 1. The van der Waals surface area contributed by atoms with Crippen LogP contribution in [0.15, 0.2) is 30.3 Å². The van der Waals surface area contributed by atoms with E-state index in [1.807, 2.05) is 18.2 Å². The van der Waals surface area contributed by atoms with Gasteiger partial charge in [0.15, 0.2) is 6.04 Å². The first-order chi connectivity index (χ1) is 10.1. The SMILES string of the molecule is COC(=O)C(NC(=O)C1CCCCC1N)c1ccccc1. The van der Waals surface area contributed by atoms with Crippen molar-refractivity contribution in [2.45, 2.75) is 37.8 Å². The molecule has 1 aliphatic carbocycles. The van der Waals surface area contributed by atoms with Gasteiger partial charge in [-0.05, 0) is 18.4 Å². The van der Waals surface area contributed by atoms with Gasteiger partial charge in [0, 0.05) is 6.04 Å². The number of carbonyl (C=O) groups excluding carboxylic acids is 2. The third kappa shape index (κ3) is 3.82. The molecule has 0 heterocycles. The largest absolute Gasteiger partial charge is 0.467 e. The fourth-order valence-electron chi connectivity index (χ4n) is 2.78. The highest BCUT2D eigenvalue weighted by Gasteiger charge is 2.32. The summed E-state index contributed by atoms with van der Waals surface area (Å²) in [4.78, 5) is 24.4. The molecule has 5 nitrogen and oxygen atoms in total. The van der Waals surface area contributed by atoms with Crippen LogP contribution >= 0.6 is 0 Å². The van der Waals surface area contributed by atoms with Gasteiger partial charge in [0.25, 0.3) is 0 Å². The Bertz CT molecular complexity index is 490. The molecule has 1 saturated carbocycles. The highest BCUT2D eigenvalue weighted by molar-refractivity contribution is 5.87. The molecule has 114 valence electrons. The van der Waals surface area contributed by atoms with Crippen molar-refractivity contribution in [3.05, 3.63) is 35.9 Å². The molecule has 0 aromatic heterocycles. The Balaban J connectivity index is 2.11. The maximum Gasteiger partial charge on any atom is 0.333 e. The molecule has 3 unspecified atom stereocenters. The number of nitrogens with one attached hydrogen (secondary N) is 1. The Morgan fingerprint density at radius 2 is 1.90 bits per heavy atom. The summed E-state index contributed by atoms with van der Waals surface area (Å²) in [5, 5.41) is 2.79. The smallest absolute Gasteiger partial charge is 0.333 e. The van der Waals surface area contributed by atoms with Crippen LogP contribution in [0.3, 0.4) is 0 Å². The quantitative estimate of drug-likeness (QED) is 0.824. The Kier molecular flexibility index (Phi) is 5.33. The summed E-state index contributed by atoms with van der Waals surface area (Å²) in [7, 11) is 1.32. The van der Waals surface area contributed by atoms with E-state index in [1.54, 1.807) is 12.1 Å². The van der Waals surface area contributed by atoms with Gasteiger partial charge in [-0.3, -0.25) is 4.79 Å². The highest BCUT2D eigenvalue weighted by atomic mass is 16.5. The monoisotopic (exact) mass is 290 g/mol. The first-order valence-electron chi connectivity index (χ1n) is 7.32. The number of methoxy groups -OCH3 is 1. The van der Waals surface area contributed by atoms with Gasteiger partial charge in [-0.25, -0.2) is 4.79 Å². The molecule has 1 fully saturated rings. The van der Waals surface area contributed by atoms with E-state index in [2.05, 4.69) is 5.32 Å². The van der Waals surface area contributed by atoms with Crippen molar-refractivity contribution in [3.63, 3.8) is 0 Å². The van der Waals surface area contributed by atoms with E-state index in [0.717, 1.165) is 25.7 Å². The summed E-state index contributed by atoms with van der Waals surface area (Å²) in [5.41, 5.74) is 6.74. The Hall–Kier alpha value is -1.88. The van der Waals surface area contributed by atoms with E-state index < -0.39 is 12.0 Å². The molecule has 0 radical (unpaired) electrons. The van der Waals surface area contributed by atoms with Gasteiger partial charge in [0.2, 0.25) is 5.91 Å². The second kappa shape index (κ2) is 7.22.